The normalized spacial score (nSPS) is 12.6. The van der Waals surface area contributed by atoms with E-state index in [2.05, 4.69) is 5.32 Å². The third-order valence-electron chi connectivity index (χ3n) is 6.56. The molecule has 0 unspecified atom stereocenters. The molecule has 1 fully saturated rings. The Kier molecular flexibility index (Phi) is 7.58. The maximum atomic E-state index is 13.4. The minimum Gasteiger partial charge on any atom is -0.497 e. The molecule has 8 nitrogen and oxygen atoms in total. The topological polar surface area (TPSA) is 85.7 Å². The highest BCUT2D eigenvalue weighted by molar-refractivity contribution is 5.99. The number of ether oxygens (including phenoxy) is 2. The Morgan fingerprint density at radius 3 is 2.38 bits per heavy atom. The summed E-state index contributed by atoms with van der Waals surface area (Å²) in [5, 5.41) is 2.89. The van der Waals surface area contributed by atoms with E-state index in [4.69, 9.17) is 14.5 Å². The Morgan fingerprint density at radius 2 is 1.72 bits per heavy atom. The van der Waals surface area contributed by atoms with Crippen LogP contribution in [0.2, 0.25) is 0 Å². The van der Waals surface area contributed by atoms with E-state index in [1.165, 1.54) is 29.2 Å². The molecule has 1 N–H and O–H groups in total. The molecule has 9 heteroatoms. The molecule has 0 radical (unpaired) electrons. The number of imidazole rings is 1. The number of aromatic nitrogens is 2. The molecule has 0 aliphatic heterocycles. The fourth-order valence-electron chi connectivity index (χ4n) is 4.27. The number of rotatable bonds is 10. The molecule has 39 heavy (non-hydrogen) atoms. The van der Waals surface area contributed by atoms with Gasteiger partial charge in [-0.3, -0.25) is 19.5 Å². The van der Waals surface area contributed by atoms with E-state index >= 15 is 0 Å². The molecular weight excluding hydrogens is 499 g/mol. The van der Waals surface area contributed by atoms with Gasteiger partial charge in [-0.15, -0.1) is 0 Å². The van der Waals surface area contributed by atoms with Crippen LogP contribution in [0.5, 0.6) is 11.5 Å². The molecule has 5 rings (SSSR count). The number of carbonyl (C=O) groups is 2. The molecule has 0 spiro atoms. The van der Waals surface area contributed by atoms with Gasteiger partial charge in [0.05, 0.1) is 19.9 Å². The summed E-state index contributed by atoms with van der Waals surface area (Å²) in [7, 11) is 3.20. The summed E-state index contributed by atoms with van der Waals surface area (Å²) >= 11 is 0. The van der Waals surface area contributed by atoms with Crippen LogP contribution in [-0.2, 0) is 4.79 Å². The Hall–Kier alpha value is -4.66. The molecular formula is C30H29FN4O4. The summed E-state index contributed by atoms with van der Waals surface area (Å²) in [6.07, 6.45) is 3.86. The average Bonchev–Trinajstić information content (AvgIpc) is 3.69. The first-order valence-electron chi connectivity index (χ1n) is 12.7. The summed E-state index contributed by atoms with van der Waals surface area (Å²) in [4.78, 5) is 32.7. The van der Waals surface area contributed by atoms with Crippen molar-refractivity contribution in [1.82, 2.24) is 14.5 Å². The number of benzene rings is 3. The van der Waals surface area contributed by atoms with Crippen LogP contribution in [0.1, 0.15) is 23.2 Å². The van der Waals surface area contributed by atoms with Gasteiger partial charge >= 0.3 is 0 Å². The maximum absolute atomic E-state index is 13.4. The molecule has 4 aromatic rings. The molecule has 0 bridgehead atoms. The van der Waals surface area contributed by atoms with Crippen LogP contribution in [0.3, 0.4) is 0 Å². The second-order valence-electron chi connectivity index (χ2n) is 9.43. The highest BCUT2D eigenvalue weighted by Crippen LogP contribution is 2.31. The summed E-state index contributed by atoms with van der Waals surface area (Å²) in [5.41, 5.74) is 2.56. The van der Waals surface area contributed by atoms with E-state index in [0.29, 0.717) is 41.2 Å². The van der Waals surface area contributed by atoms with Gasteiger partial charge in [-0.25, -0.2) is 9.37 Å². The number of nitrogens with zero attached hydrogens (tertiary/aromatic N) is 3. The highest BCUT2D eigenvalue weighted by atomic mass is 19.1. The first-order chi connectivity index (χ1) is 18.9. The van der Waals surface area contributed by atoms with Gasteiger partial charge in [-0.05, 0) is 79.4 Å². The number of halogens is 1. The zero-order chi connectivity index (χ0) is 27.4. The lowest BCUT2D eigenvalue weighted by molar-refractivity contribution is -0.117. The Balaban J connectivity index is 1.42. The SMILES string of the molecule is COc1ccc(-n2cc(-c3cccc(OC)c3)nc2NC(=O)CN(CC2CC2)C(=O)c2ccc(F)cc2)cc1. The van der Waals surface area contributed by atoms with Crippen molar-refractivity contribution >= 4 is 17.8 Å². The Bertz CT molecular complexity index is 1460. The monoisotopic (exact) mass is 528 g/mol. The van der Waals surface area contributed by atoms with Gasteiger partial charge in [0, 0.05) is 29.6 Å². The maximum Gasteiger partial charge on any atom is 0.254 e. The molecule has 0 saturated heterocycles. The van der Waals surface area contributed by atoms with Crippen molar-refractivity contribution in [3.05, 3.63) is 90.4 Å². The van der Waals surface area contributed by atoms with Gasteiger partial charge in [-0.2, -0.15) is 0 Å². The van der Waals surface area contributed by atoms with Crippen LogP contribution in [-0.4, -0.2) is 53.6 Å². The molecule has 3 aromatic carbocycles. The number of amides is 2. The quantitative estimate of drug-likeness (QED) is 0.306. The number of carbonyl (C=O) groups excluding carboxylic acids is 2. The van der Waals surface area contributed by atoms with E-state index in [-0.39, 0.29) is 18.4 Å². The predicted octanol–water partition coefficient (Wildman–Crippen LogP) is 5.19. The van der Waals surface area contributed by atoms with Gasteiger partial charge in [0.15, 0.2) is 0 Å². The van der Waals surface area contributed by atoms with E-state index < -0.39 is 5.82 Å². The average molecular weight is 529 g/mol. The standard InChI is InChI=1S/C30H29FN4O4/c1-38-25-14-12-24(13-15-25)35-18-27(22-4-3-5-26(16-22)39-2)32-30(35)33-28(36)19-34(17-20-6-7-20)29(37)21-8-10-23(31)11-9-21/h3-5,8-16,18,20H,6-7,17,19H2,1-2H3,(H,32,33,36). The van der Waals surface area contributed by atoms with Gasteiger partial charge in [0.1, 0.15) is 23.9 Å². The zero-order valence-corrected chi connectivity index (χ0v) is 21.8. The lowest BCUT2D eigenvalue weighted by atomic mass is 10.1. The summed E-state index contributed by atoms with van der Waals surface area (Å²) in [5.74, 6) is 0.942. The fraction of sp³-hybridized carbons (Fsp3) is 0.233. The molecule has 1 heterocycles. The molecule has 200 valence electrons. The molecule has 1 saturated carbocycles. The molecule has 2 amide bonds. The van der Waals surface area contributed by atoms with E-state index in [1.807, 2.05) is 54.7 Å². The zero-order valence-electron chi connectivity index (χ0n) is 21.8. The Labute approximate surface area is 226 Å². The highest BCUT2D eigenvalue weighted by Gasteiger charge is 2.29. The number of hydrogen-bond acceptors (Lipinski definition) is 5. The Morgan fingerprint density at radius 1 is 1.00 bits per heavy atom. The second-order valence-corrected chi connectivity index (χ2v) is 9.43. The first kappa shape index (κ1) is 26.0. The van der Waals surface area contributed by atoms with Crippen molar-refractivity contribution in [3.63, 3.8) is 0 Å². The summed E-state index contributed by atoms with van der Waals surface area (Å²) in [6.45, 7) is 0.308. The van der Waals surface area contributed by atoms with Crippen LogP contribution in [0.4, 0.5) is 10.3 Å². The summed E-state index contributed by atoms with van der Waals surface area (Å²) < 4.78 is 25.8. The van der Waals surface area contributed by atoms with E-state index in [1.54, 1.807) is 18.8 Å². The fourth-order valence-corrected chi connectivity index (χ4v) is 4.27. The van der Waals surface area contributed by atoms with Gasteiger partial charge in [-0.1, -0.05) is 12.1 Å². The lowest BCUT2D eigenvalue weighted by Gasteiger charge is -2.22. The molecule has 1 aliphatic rings. The van der Waals surface area contributed by atoms with Crippen molar-refractivity contribution in [1.29, 1.82) is 0 Å². The minimum atomic E-state index is -0.421. The summed E-state index contributed by atoms with van der Waals surface area (Å²) in [6, 6.07) is 20.2. The van der Waals surface area contributed by atoms with Gasteiger partial charge in [0.2, 0.25) is 11.9 Å². The second kappa shape index (κ2) is 11.4. The predicted molar refractivity (Wildman–Crippen MR) is 146 cm³/mol. The van der Waals surface area contributed by atoms with Crippen molar-refractivity contribution in [2.75, 3.05) is 32.6 Å². The molecule has 1 aliphatic carbocycles. The van der Waals surface area contributed by atoms with Crippen molar-refractivity contribution in [2.45, 2.75) is 12.8 Å². The van der Waals surface area contributed by atoms with E-state index in [9.17, 15) is 14.0 Å². The van der Waals surface area contributed by atoms with Crippen molar-refractivity contribution in [3.8, 4) is 28.4 Å². The van der Waals surface area contributed by atoms with Crippen LogP contribution in [0.25, 0.3) is 16.9 Å². The third-order valence-corrected chi connectivity index (χ3v) is 6.56. The minimum absolute atomic E-state index is 0.156. The van der Waals surface area contributed by atoms with Gasteiger partial charge < -0.3 is 14.4 Å². The first-order valence-corrected chi connectivity index (χ1v) is 12.7. The van der Waals surface area contributed by atoms with Crippen LogP contribution >= 0.6 is 0 Å². The smallest absolute Gasteiger partial charge is 0.254 e. The number of anilines is 1. The van der Waals surface area contributed by atoms with Crippen molar-refractivity contribution in [2.24, 2.45) is 5.92 Å². The van der Waals surface area contributed by atoms with Crippen LogP contribution < -0.4 is 14.8 Å². The molecule has 1 aromatic heterocycles. The number of hydrogen-bond donors (Lipinski definition) is 1. The van der Waals surface area contributed by atoms with Crippen LogP contribution in [0.15, 0.2) is 79.0 Å². The lowest BCUT2D eigenvalue weighted by Crippen LogP contribution is -2.39. The third kappa shape index (κ3) is 6.26. The number of nitrogens with one attached hydrogen (secondary N) is 1. The van der Waals surface area contributed by atoms with Crippen LogP contribution in [0, 0.1) is 11.7 Å². The molecule has 0 atom stereocenters. The largest absolute Gasteiger partial charge is 0.497 e. The van der Waals surface area contributed by atoms with E-state index in [0.717, 1.165) is 24.1 Å². The number of methoxy groups -OCH3 is 2. The van der Waals surface area contributed by atoms with Crippen molar-refractivity contribution < 1.29 is 23.5 Å². The van der Waals surface area contributed by atoms with Gasteiger partial charge in [0.25, 0.3) is 5.91 Å².